The molecule has 2 saturated heterocycles. The van der Waals surface area contributed by atoms with Gasteiger partial charge in [-0.15, -0.1) is 0 Å². The monoisotopic (exact) mass is 507 g/mol. The minimum Gasteiger partial charge on any atom is -0.475 e. The standard InChI is InChI=1S/C21H27N7O.C2HF3O2/c1-26-9-11-27(12-10-26)17-5-6-18(19(13-17)28-7-3-2-4-8-28)25-21(29)20-23-15-16(14-22)24-20;3-2(4,5)1(6)7/h5-6,13,15H,2-4,7-12H2,1H3,(H,23,24)(H,25,29);(H,6,7). The number of carbonyl (C=O) groups is 2. The van der Waals surface area contributed by atoms with Gasteiger partial charge in [0.15, 0.2) is 5.82 Å². The van der Waals surface area contributed by atoms with Gasteiger partial charge in [-0.05, 0) is 44.5 Å². The molecule has 2 aliphatic heterocycles. The predicted octanol–water partition coefficient (Wildman–Crippen LogP) is 2.91. The van der Waals surface area contributed by atoms with Gasteiger partial charge in [0.1, 0.15) is 11.8 Å². The van der Waals surface area contributed by atoms with Crippen molar-refractivity contribution in [2.75, 3.05) is 61.4 Å². The van der Waals surface area contributed by atoms with Crippen LogP contribution in [0.25, 0.3) is 0 Å². The van der Waals surface area contributed by atoms with Crippen LogP contribution in [0.5, 0.6) is 0 Å². The third-order valence-corrected chi connectivity index (χ3v) is 5.95. The molecule has 3 heterocycles. The molecule has 1 amide bonds. The van der Waals surface area contributed by atoms with Crippen molar-refractivity contribution in [2.24, 2.45) is 0 Å². The summed E-state index contributed by atoms with van der Waals surface area (Å²) in [6, 6.07) is 8.23. The van der Waals surface area contributed by atoms with E-state index in [-0.39, 0.29) is 17.4 Å². The lowest BCUT2D eigenvalue weighted by atomic mass is 10.1. The number of hydrogen-bond donors (Lipinski definition) is 3. The zero-order valence-corrected chi connectivity index (χ0v) is 19.8. The Morgan fingerprint density at radius 1 is 1.08 bits per heavy atom. The van der Waals surface area contributed by atoms with Crippen LogP contribution in [-0.2, 0) is 4.79 Å². The molecule has 13 heteroatoms. The zero-order valence-electron chi connectivity index (χ0n) is 19.8. The minimum absolute atomic E-state index is 0.147. The quantitative estimate of drug-likeness (QED) is 0.576. The Kier molecular flexibility index (Phi) is 8.76. The lowest BCUT2D eigenvalue weighted by Crippen LogP contribution is -2.44. The fourth-order valence-electron chi connectivity index (χ4n) is 3.96. The largest absolute Gasteiger partial charge is 0.490 e. The van der Waals surface area contributed by atoms with Gasteiger partial charge in [0.25, 0.3) is 5.91 Å². The number of imidazole rings is 1. The number of nitriles is 1. The Bertz CT molecular complexity index is 1100. The van der Waals surface area contributed by atoms with Crippen LogP contribution in [0.4, 0.5) is 30.2 Å². The van der Waals surface area contributed by atoms with Gasteiger partial charge < -0.3 is 30.1 Å². The molecule has 194 valence electrons. The van der Waals surface area contributed by atoms with E-state index >= 15 is 0 Å². The Hall–Kier alpha value is -3.79. The maximum absolute atomic E-state index is 12.7. The molecule has 0 saturated carbocycles. The highest BCUT2D eigenvalue weighted by molar-refractivity contribution is 6.04. The topological polar surface area (TPSA) is 129 Å². The van der Waals surface area contributed by atoms with Crippen molar-refractivity contribution < 1.29 is 27.9 Å². The molecule has 2 fully saturated rings. The average Bonchev–Trinajstić information content (AvgIpc) is 3.35. The van der Waals surface area contributed by atoms with Crippen molar-refractivity contribution in [3.8, 4) is 6.07 Å². The number of aromatic nitrogens is 2. The van der Waals surface area contributed by atoms with E-state index in [1.807, 2.05) is 12.1 Å². The highest BCUT2D eigenvalue weighted by atomic mass is 19.4. The summed E-state index contributed by atoms with van der Waals surface area (Å²) < 4.78 is 31.7. The zero-order chi connectivity index (χ0) is 26.3. The van der Waals surface area contributed by atoms with Crippen LogP contribution in [0.1, 0.15) is 35.6 Å². The first-order valence-electron chi connectivity index (χ1n) is 11.5. The van der Waals surface area contributed by atoms with Crippen LogP contribution in [0.3, 0.4) is 0 Å². The maximum atomic E-state index is 12.7. The molecule has 0 radical (unpaired) electrons. The Labute approximate surface area is 206 Å². The third-order valence-electron chi connectivity index (χ3n) is 5.95. The first-order valence-corrected chi connectivity index (χ1v) is 11.5. The number of rotatable bonds is 4. The second kappa shape index (κ2) is 11.8. The number of hydrogen-bond acceptors (Lipinski definition) is 7. The number of carbonyl (C=O) groups excluding carboxylic acids is 1. The summed E-state index contributed by atoms with van der Waals surface area (Å²) in [6.07, 6.45) is -0.137. The summed E-state index contributed by atoms with van der Waals surface area (Å²) >= 11 is 0. The number of likely N-dealkylation sites (N-methyl/N-ethyl adjacent to an activating group) is 1. The van der Waals surface area contributed by atoms with Gasteiger partial charge >= 0.3 is 12.1 Å². The molecule has 0 spiro atoms. The molecular weight excluding hydrogens is 479 g/mol. The number of aromatic amines is 1. The number of piperidine rings is 1. The summed E-state index contributed by atoms with van der Waals surface area (Å²) in [5, 5.41) is 19.1. The molecule has 1 aromatic carbocycles. The maximum Gasteiger partial charge on any atom is 0.490 e. The molecule has 4 rings (SSSR count). The number of nitrogens with one attached hydrogen (secondary N) is 2. The first kappa shape index (κ1) is 26.8. The molecule has 2 aromatic rings. The van der Waals surface area contributed by atoms with Crippen LogP contribution in [0, 0.1) is 11.3 Å². The number of aliphatic carboxylic acids is 1. The molecule has 0 unspecified atom stereocenters. The lowest BCUT2D eigenvalue weighted by Gasteiger charge is -2.36. The van der Waals surface area contributed by atoms with E-state index in [1.54, 1.807) is 0 Å². The Balaban J connectivity index is 0.000000454. The normalized spacial score (nSPS) is 16.5. The molecule has 1 aromatic heterocycles. The summed E-state index contributed by atoms with van der Waals surface area (Å²) in [5.41, 5.74) is 3.31. The van der Waals surface area contributed by atoms with E-state index < -0.39 is 12.1 Å². The molecular formula is C23H28F3N7O3. The second-order valence-corrected chi connectivity index (χ2v) is 8.55. The van der Waals surface area contributed by atoms with Crippen molar-refractivity contribution in [2.45, 2.75) is 25.4 Å². The van der Waals surface area contributed by atoms with Gasteiger partial charge in [0, 0.05) is 45.0 Å². The fourth-order valence-corrected chi connectivity index (χ4v) is 3.96. The first-order chi connectivity index (χ1) is 17.1. The van der Waals surface area contributed by atoms with E-state index in [2.05, 4.69) is 49.2 Å². The molecule has 36 heavy (non-hydrogen) atoms. The highest BCUT2D eigenvalue weighted by Gasteiger charge is 2.38. The fraction of sp³-hybridized carbons (Fsp3) is 0.478. The van der Waals surface area contributed by atoms with Crippen LogP contribution in [0.2, 0.25) is 0 Å². The predicted molar refractivity (Wildman–Crippen MR) is 127 cm³/mol. The smallest absolute Gasteiger partial charge is 0.475 e. The molecule has 10 nitrogen and oxygen atoms in total. The van der Waals surface area contributed by atoms with E-state index in [1.165, 1.54) is 18.3 Å². The van der Waals surface area contributed by atoms with Crippen molar-refractivity contribution in [3.05, 3.63) is 35.9 Å². The van der Waals surface area contributed by atoms with Gasteiger partial charge in [-0.3, -0.25) is 4.79 Å². The second-order valence-electron chi connectivity index (χ2n) is 8.55. The summed E-state index contributed by atoms with van der Waals surface area (Å²) in [4.78, 5) is 35.4. The minimum atomic E-state index is -5.08. The number of benzene rings is 1. The van der Waals surface area contributed by atoms with Gasteiger partial charge in [0.2, 0.25) is 0 Å². The van der Waals surface area contributed by atoms with Crippen molar-refractivity contribution >= 4 is 28.9 Å². The highest BCUT2D eigenvalue weighted by Crippen LogP contribution is 2.33. The summed E-state index contributed by atoms with van der Waals surface area (Å²) in [7, 11) is 2.15. The molecule has 2 aliphatic rings. The molecule has 3 N–H and O–H groups in total. The molecule has 0 atom stereocenters. The average molecular weight is 508 g/mol. The van der Waals surface area contributed by atoms with Gasteiger partial charge in [-0.1, -0.05) is 0 Å². The van der Waals surface area contributed by atoms with Crippen LogP contribution < -0.4 is 15.1 Å². The van der Waals surface area contributed by atoms with E-state index in [9.17, 15) is 18.0 Å². The summed E-state index contributed by atoms with van der Waals surface area (Å²) in [5.74, 6) is -2.95. The van der Waals surface area contributed by atoms with E-state index in [0.29, 0.717) is 0 Å². The number of anilines is 3. The number of halogens is 3. The molecule has 0 aliphatic carbocycles. The molecule has 0 bridgehead atoms. The van der Waals surface area contributed by atoms with Gasteiger partial charge in [-0.25, -0.2) is 9.78 Å². The van der Waals surface area contributed by atoms with Gasteiger partial charge in [-0.2, -0.15) is 18.4 Å². The number of alkyl halides is 3. The van der Waals surface area contributed by atoms with Crippen molar-refractivity contribution in [1.82, 2.24) is 14.9 Å². The third kappa shape index (κ3) is 7.11. The van der Waals surface area contributed by atoms with Crippen molar-refractivity contribution in [1.29, 1.82) is 5.26 Å². The number of amides is 1. The Morgan fingerprint density at radius 2 is 1.72 bits per heavy atom. The Morgan fingerprint density at radius 3 is 2.28 bits per heavy atom. The number of nitrogens with zero attached hydrogens (tertiary/aromatic N) is 5. The number of H-pyrrole nitrogens is 1. The summed E-state index contributed by atoms with van der Waals surface area (Å²) in [6.45, 7) is 6.10. The number of carboxylic acids is 1. The van der Waals surface area contributed by atoms with E-state index in [0.717, 1.165) is 63.5 Å². The van der Waals surface area contributed by atoms with Crippen LogP contribution >= 0.6 is 0 Å². The van der Waals surface area contributed by atoms with Crippen molar-refractivity contribution in [3.63, 3.8) is 0 Å². The van der Waals surface area contributed by atoms with E-state index in [4.69, 9.17) is 15.2 Å². The number of piperazine rings is 1. The lowest BCUT2D eigenvalue weighted by molar-refractivity contribution is -0.192. The van der Waals surface area contributed by atoms with Crippen LogP contribution in [0.15, 0.2) is 24.4 Å². The van der Waals surface area contributed by atoms with Gasteiger partial charge in [0.05, 0.1) is 17.6 Å². The van der Waals surface area contributed by atoms with Crippen LogP contribution in [-0.4, -0.2) is 84.3 Å². The number of carboxylic acid groups (broad SMARTS) is 1. The SMILES string of the molecule is CN1CCN(c2ccc(NC(=O)c3ncc(C#N)[nH]3)c(N3CCCCC3)c2)CC1.O=C(O)C(F)(F)F.